The van der Waals surface area contributed by atoms with Crippen molar-refractivity contribution in [1.82, 2.24) is 4.98 Å². The minimum atomic E-state index is -0.366. The molecule has 5 nitrogen and oxygen atoms in total. The number of carbonyl (C=O) groups excluding carboxylic acids is 2. The first-order valence-corrected chi connectivity index (χ1v) is 9.57. The van der Waals surface area contributed by atoms with E-state index in [2.05, 4.69) is 11.9 Å². The second-order valence-electron chi connectivity index (χ2n) is 7.07. The fourth-order valence-electron chi connectivity index (χ4n) is 3.70. The Balaban J connectivity index is 1.65. The molecule has 2 aromatic rings. The Bertz CT molecular complexity index is 757. The summed E-state index contributed by atoms with van der Waals surface area (Å²) in [5, 5.41) is 0. The van der Waals surface area contributed by atoms with E-state index in [1.807, 2.05) is 19.1 Å². The van der Waals surface area contributed by atoms with Crippen LogP contribution >= 0.6 is 0 Å². The summed E-state index contributed by atoms with van der Waals surface area (Å²) in [6.07, 6.45) is 8.24. The van der Waals surface area contributed by atoms with Gasteiger partial charge in [0.15, 0.2) is 5.78 Å². The third-order valence-corrected chi connectivity index (χ3v) is 5.12. The Morgan fingerprint density at radius 1 is 1.27 bits per heavy atom. The highest BCUT2D eigenvalue weighted by atomic mass is 16.5. The maximum absolute atomic E-state index is 12.6. The summed E-state index contributed by atoms with van der Waals surface area (Å²) in [4.78, 5) is 28.1. The number of Topliss-reactive ketones (excluding diaryl/α,β-unsaturated/α-hetero) is 1. The molecule has 1 atom stereocenters. The molecule has 0 spiro atoms. The van der Waals surface area contributed by atoms with Crippen LogP contribution in [0.3, 0.4) is 0 Å². The van der Waals surface area contributed by atoms with Gasteiger partial charge >= 0.3 is 5.97 Å². The fraction of sp³-hybridized carbons (Fsp3) is 0.524. The van der Waals surface area contributed by atoms with E-state index in [0.717, 1.165) is 24.3 Å². The van der Waals surface area contributed by atoms with E-state index in [4.69, 9.17) is 9.15 Å². The van der Waals surface area contributed by atoms with Gasteiger partial charge in [-0.15, -0.1) is 0 Å². The molecule has 0 amide bonds. The van der Waals surface area contributed by atoms with Crippen molar-refractivity contribution in [3.8, 4) is 0 Å². The number of H-pyrrole nitrogens is 1. The zero-order valence-electron chi connectivity index (χ0n) is 15.6. The Morgan fingerprint density at radius 2 is 2.08 bits per heavy atom. The smallest absolute Gasteiger partial charge is 0.355 e. The van der Waals surface area contributed by atoms with Crippen molar-refractivity contribution in [2.45, 2.75) is 64.7 Å². The molecule has 3 rings (SSSR count). The van der Waals surface area contributed by atoms with Crippen LogP contribution in [0.15, 0.2) is 22.8 Å². The van der Waals surface area contributed by atoms with Crippen LogP contribution in [0.4, 0.5) is 0 Å². The molecule has 2 aromatic heterocycles. The Morgan fingerprint density at radius 3 is 2.81 bits per heavy atom. The van der Waals surface area contributed by atoms with Gasteiger partial charge in [0, 0.05) is 23.6 Å². The summed E-state index contributed by atoms with van der Waals surface area (Å²) in [5.74, 6) is 0.521. The number of rotatable bonds is 8. The van der Waals surface area contributed by atoms with E-state index < -0.39 is 0 Å². The molecular formula is C21H27NO4. The third-order valence-electron chi connectivity index (χ3n) is 5.12. The van der Waals surface area contributed by atoms with Crippen molar-refractivity contribution in [2.75, 3.05) is 6.61 Å². The number of esters is 1. The molecule has 0 unspecified atom stereocenters. The van der Waals surface area contributed by atoms with Crippen LogP contribution in [-0.2, 0) is 11.2 Å². The van der Waals surface area contributed by atoms with E-state index in [1.54, 1.807) is 6.26 Å². The molecule has 5 heteroatoms. The lowest BCUT2D eigenvalue weighted by molar-refractivity contribution is 0.0490. The number of fused-ring (bicyclic) bond motifs is 1. The summed E-state index contributed by atoms with van der Waals surface area (Å²) < 4.78 is 10.9. The maximum Gasteiger partial charge on any atom is 0.355 e. The van der Waals surface area contributed by atoms with Gasteiger partial charge < -0.3 is 14.1 Å². The molecule has 0 saturated heterocycles. The number of hydrogen-bond donors (Lipinski definition) is 1. The van der Waals surface area contributed by atoms with Gasteiger partial charge in [-0.1, -0.05) is 32.6 Å². The van der Waals surface area contributed by atoms with Gasteiger partial charge in [-0.2, -0.15) is 0 Å². The van der Waals surface area contributed by atoms with Gasteiger partial charge in [-0.05, 0) is 37.5 Å². The summed E-state index contributed by atoms with van der Waals surface area (Å²) in [6.45, 7) is 4.42. The molecule has 2 heterocycles. The van der Waals surface area contributed by atoms with Crippen LogP contribution in [0.1, 0.15) is 89.2 Å². The van der Waals surface area contributed by atoms with Crippen molar-refractivity contribution < 1.29 is 18.7 Å². The highest BCUT2D eigenvalue weighted by Crippen LogP contribution is 2.35. The third kappa shape index (κ3) is 3.92. The number of furan rings is 1. The molecule has 1 aliphatic carbocycles. The number of nitrogens with one attached hydrogen (secondary N) is 1. The second-order valence-corrected chi connectivity index (χ2v) is 7.07. The van der Waals surface area contributed by atoms with Crippen molar-refractivity contribution in [3.05, 3.63) is 46.7 Å². The van der Waals surface area contributed by atoms with Crippen molar-refractivity contribution >= 4 is 11.8 Å². The minimum absolute atomic E-state index is 0.0190. The lowest BCUT2D eigenvalue weighted by Gasteiger charge is -2.19. The van der Waals surface area contributed by atoms with Crippen LogP contribution in [-0.4, -0.2) is 23.3 Å². The molecular weight excluding hydrogens is 330 g/mol. The zero-order chi connectivity index (χ0) is 18.5. The van der Waals surface area contributed by atoms with Crippen molar-refractivity contribution in [1.29, 1.82) is 0 Å². The molecule has 26 heavy (non-hydrogen) atoms. The van der Waals surface area contributed by atoms with Crippen LogP contribution in [0.25, 0.3) is 0 Å². The summed E-state index contributed by atoms with van der Waals surface area (Å²) >= 11 is 0. The highest BCUT2D eigenvalue weighted by molar-refractivity contribution is 6.03. The number of hydrogen-bond acceptors (Lipinski definition) is 4. The van der Waals surface area contributed by atoms with Gasteiger partial charge in [0.2, 0.25) is 0 Å². The normalized spacial score (nSPS) is 16.5. The van der Waals surface area contributed by atoms with E-state index >= 15 is 0 Å². The number of unbranched alkanes of at least 4 members (excludes halogenated alkanes) is 4. The molecule has 1 N–H and O–H groups in total. The standard InChI is InChI=1S/C21H27NO4/c1-3-4-5-6-7-10-26-21(24)20-14(2)19-16(22-20)12-15(13-17(19)23)18-9-8-11-25-18/h8-9,11,15,22H,3-7,10,12-13H2,1-2H3/t15-/m1/s1. The van der Waals surface area contributed by atoms with E-state index in [-0.39, 0.29) is 17.7 Å². The SMILES string of the molecule is CCCCCCCOC(=O)c1[nH]c2c(c1C)C(=O)C[C@H](c1ccco1)C2. The van der Waals surface area contributed by atoms with Crippen molar-refractivity contribution in [2.24, 2.45) is 0 Å². The molecule has 0 saturated carbocycles. The van der Waals surface area contributed by atoms with Gasteiger partial charge in [0.1, 0.15) is 11.5 Å². The van der Waals surface area contributed by atoms with E-state index in [9.17, 15) is 9.59 Å². The Labute approximate surface area is 154 Å². The number of aromatic nitrogens is 1. The second kappa shape index (κ2) is 8.39. The lowest BCUT2D eigenvalue weighted by Crippen LogP contribution is -2.18. The maximum atomic E-state index is 12.6. The van der Waals surface area contributed by atoms with E-state index in [1.165, 1.54) is 19.3 Å². The summed E-state index contributed by atoms with van der Waals surface area (Å²) in [5.41, 5.74) is 2.59. The van der Waals surface area contributed by atoms with Gasteiger partial charge in [0.05, 0.1) is 12.9 Å². The fourth-order valence-corrected chi connectivity index (χ4v) is 3.70. The van der Waals surface area contributed by atoms with Gasteiger partial charge in [-0.25, -0.2) is 4.79 Å². The quantitative estimate of drug-likeness (QED) is 0.535. The Kier molecular flexibility index (Phi) is 5.96. The summed E-state index contributed by atoms with van der Waals surface area (Å²) in [6, 6.07) is 3.73. The number of carbonyl (C=O) groups is 2. The van der Waals surface area contributed by atoms with Gasteiger partial charge in [-0.3, -0.25) is 4.79 Å². The monoisotopic (exact) mass is 357 g/mol. The molecule has 0 aliphatic heterocycles. The zero-order valence-corrected chi connectivity index (χ0v) is 15.6. The number of ether oxygens (including phenoxy) is 1. The first kappa shape index (κ1) is 18.5. The van der Waals surface area contributed by atoms with Crippen molar-refractivity contribution in [3.63, 3.8) is 0 Å². The first-order chi connectivity index (χ1) is 12.6. The van der Waals surface area contributed by atoms with Gasteiger partial charge in [0.25, 0.3) is 0 Å². The molecule has 1 aliphatic rings. The van der Waals surface area contributed by atoms with E-state index in [0.29, 0.717) is 36.3 Å². The molecule has 0 fully saturated rings. The molecule has 0 radical (unpaired) electrons. The molecule has 0 aromatic carbocycles. The van der Waals surface area contributed by atoms with Crippen LogP contribution < -0.4 is 0 Å². The molecule has 0 bridgehead atoms. The average Bonchev–Trinajstić information content (AvgIpc) is 3.26. The summed E-state index contributed by atoms with van der Waals surface area (Å²) in [7, 11) is 0. The minimum Gasteiger partial charge on any atom is -0.469 e. The lowest BCUT2D eigenvalue weighted by atomic mass is 9.84. The average molecular weight is 357 g/mol. The predicted octanol–water partition coefficient (Wildman–Crippen LogP) is 4.96. The van der Waals surface area contributed by atoms with Crippen LogP contribution in [0.5, 0.6) is 0 Å². The first-order valence-electron chi connectivity index (χ1n) is 9.57. The van der Waals surface area contributed by atoms with Crippen LogP contribution in [0, 0.1) is 6.92 Å². The largest absolute Gasteiger partial charge is 0.469 e. The predicted molar refractivity (Wildman–Crippen MR) is 98.7 cm³/mol. The number of ketones is 1. The Hall–Kier alpha value is -2.30. The topological polar surface area (TPSA) is 72.3 Å². The number of aromatic amines is 1. The highest BCUT2D eigenvalue weighted by Gasteiger charge is 2.33. The van der Waals surface area contributed by atoms with Crippen LogP contribution in [0.2, 0.25) is 0 Å². The molecule has 140 valence electrons.